The van der Waals surface area contributed by atoms with E-state index in [0.717, 1.165) is 10.2 Å². The predicted octanol–water partition coefficient (Wildman–Crippen LogP) is 3.69. The summed E-state index contributed by atoms with van der Waals surface area (Å²) in [6.45, 7) is 0. The number of anilines is 1. The van der Waals surface area contributed by atoms with Gasteiger partial charge < -0.3 is 5.32 Å². The maximum absolute atomic E-state index is 13.5. The Hall–Kier alpha value is -2.27. The molecule has 0 aliphatic carbocycles. The van der Waals surface area contributed by atoms with Crippen LogP contribution in [0.25, 0.3) is 10.2 Å². The maximum atomic E-state index is 13.5. The number of carbonyl (C=O) groups excluding carboxylic acids is 1. The van der Waals surface area contributed by atoms with Crippen LogP contribution in [0.2, 0.25) is 0 Å². The quantitative estimate of drug-likeness (QED) is 0.773. The number of hydrogen-bond acceptors (Lipinski definition) is 3. The highest BCUT2D eigenvalue weighted by atomic mass is 32.1. The Morgan fingerprint density at radius 3 is 2.89 bits per heavy atom. The molecule has 19 heavy (non-hydrogen) atoms. The van der Waals surface area contributed by atoms with Crippen LogP contribution in [0, 0.1) is 5.82 Å². The molecule has 1 amide bonds. The molecule has 0 saturated heterocycles. The van der Waals surface area contributed by atoms with Crippen molar-refractivity contribution in [1.82, 2.24) is 4.98 Å². The van der Waals surface area contributed by atoms with E-state index in [2.05, 4.69) is 10.3 Å². The molecule has 0 fully saturated rings. The van der Waals surface area contributed by atoms with Crippen LogP contribution >= 0.6 is 11.3 Å². The molecule has 94 valence electrons. The molecule has 0 aliphatic rings. The SMILES string of the molecule is O=C(Nc1ccc2scnc2c1)c1ccccc1F. The van der Waals surface area contributed by atoms with E-state index < -0.39 is 11.7 Å². The number of nitrogens with one attached hydrogen (secondary N) is 1. The smallest absolute Gasteiger partial charge is 0.258 e. The summed E-state index contributed by atoms with van der Waals surface area (Å²) in [6.07, 6.45) is 0. The predicted molar refractivity (Wildman–Crippen MR) is 74.0 cm³/mol. The maximum Gasteiger partial charge on any atom is 0.258 e. The Labute approximate surface area is 112 Å². The summed E-state index contributed by atoms with van der Waals surface area (Å²) in [5.41, 5.74) is 3.19. The van der Waals surface area contributed by atoms with Gasteiger partial charge in [0.05, 0.1) is 21.3 Å². The number of rotatable bonds is 2. The average molecular weight is 272 g/mol. The van der Waals surface area contributed by atoms with Crippen molar-refractivity contribution in [3.05, 3.63) is 59.4 Å². The highest BCUT2D eigenvalue weighted by Crippen LogP contribution is 2.22. The molecule has 0 unspecified atom stereocenters. The molecule has 2 aromatic carbocycles. The van der Waals surface area contributed by atoms with Gasteiger partial charge in [0.15, 0.2) is 0 Å². The second-order valence-corrected chi connectivity index (χ2v) is 4.86. The molecule has 3 nitrogen and oxygen atoms in total. The van der Waals surface area contributed by atoms with Gasteiger partial charge in [-0.25, -0.2) is 9.37 Å². The van der Waals surface area contributed by atoms with Gasteiger partial charge in [0, 0.05) is 5.69 Å². The number of fused-ring (bicyclic) bond motifs is 1. The van der Waals surface area contributed by atoms with Crippen LogP contribution in [0.5, 0.6) is 0 Å². The highest BCUT2D eigenvalue weighted by Gasteiger charge is 2.11. The van der Waals surface area contributed by atoms with Gasteiger partial charge in [-0.1, -0.05) is 12.1 Å². The van der Waals surface area contributed by atoms with Gasteiger partial charge >= 0.3 is 0 Å². The topological polar surface area (TPSA) is 42.0 Å². The zero-order chi connectivity index (χ0) is 13.2. The fraction of sp³-hybridized carbons (Fsp3) is 0. The van der Waals surface area contributed by atoms with Crippen molar-refractivity contribution in [3.8, 4) is 0 Å². The summed E-state index contributed by atoms with van der Waals surface area (Å²) in [7, 11) is 0. The second kappa shape index (κ2) is 4.78. The zero-order valence-electron chi connectivity index (χ0n) is 9.76. The molecule has 1 aromatic heterocycles. The van der Waals surface area contributed by atoms with Crippen LogP contribution in [-0.4, -0.2) is 10.9 Å². The van der Waals surface area contributed by atoms with Crippen molar-refractivity contribution in [2.45, 2.75) is 0 Å². The minimum absolute atomic E-state index is 0.0286. The minimum Gasteiger partial charge on any atom is -0.322 e. The molecular weight excluding hydrogens is 263 g/mol. The Bertz CT molecular complexity index is 754. The molecular formula is C14H9FN2OS. The van der Waals surface area contributed by atoms with Crippen LogP contribution in [-0.2, 0) is 0 Å². The van der Waals surface area contributed by atoms with Gasteiger partial charge in [-0.05, 0) is 30.3 Å². The van der Waals surface area contributed by atoms with Crippen molar-refractivity contribution in [3.63, 3.8) is 0 Å². The number of thiazole rings is 1. The Morgan fingerprint density at radius 1 is 1.21 bits per heavy atom. The minimum atomic E-state index is -0.533. The number of hydrogen-bond donors (Lipinski definition) is 1. The standard InChI is InChI=1S/C14H9FN2OS/c15-11-4-2-1-3-10(11)14(18)17-9-5-6-13-12(7-9)16-8-19-13/h1-8H,(H,17,18). The summed E-state index contributed by atoms with van der Waals surface area (Å²) in [4.78, 5) is 16.1. The van der Waals surface area contributed by atoms with Crippen molar-refractivity contribution >= 4 is 33.1 Å². The van der Waals surface area contributed by atoms with E-state index in [1.54, 1.807) is 29.8 Å². The molecule has 3 rings (SSSR count). The molecule has 0 bridgehead atoms. The first kappa shape index (κ1) is 11.8. The van der Waals surface area contributed by atoms with Crippen LogP contribution < -0.4 is 5.32 Å². The van der Waals surface area contributed by atoms with Gasteiger partial charge in [0.1, 0.15) is 5.82 Å². The lowest BCUT2D eigenvalue weighted by Crippen LogP contribution is -2.13. The number of nitrogens with zero attached hydrogens (tertiary/aromatic N) is 1. The molecule has 0 radical (unpaired) electrons. The lowest BCUT2D eigenvalue weighted by molar-refractivity contribution is 0.102. The van der Waals surface area contributed by atoms with Crippen LogP contribution in [0.4, 0.5) is 10.1 Å². The Balaban J connectivity index is 1.88. The number of aromatic nitrogens is 1. The monoisotopic (exact) mass is 272 g/mol. The van der Waals surface area contributed by atoms with Crippen LogP contribution in [0.1, 0.15) is 10.4 Å². The molecule has 3 aromatic rings. The third kappa shape index (κ3) is 2.32. The highest BCUT2D eigenvalue weighted by molar-refractivity contribution is 7.16. The van der Waals surface area contributed by atoms with Gasteiger partial charge in [0.2, 0.25) is 0 Å². The first-order valence-electron chi connectivity index (χ1n) is 5.63. The number of benzene rings is 2. The first-order valence-corrected chi connectivity index (χ1v) is 6.51. The fourth-order valence-electron chi connectivity index (χ4n) is 1.78. The van der Waals surface area contributed by atoms with E-state index in [1.165, 1.54) is 23.5 Å². The van der Waals surface area contributed by atoms with Crippen LogP contribution in [0.15, 0.2) is 48.0 Å². The largest absolute Gasteiger partial charge is 0.322 e. The van der Waals surface area contributed by atoms with E-state index in [9.17, 15) is 9.18 Å². The molecule has 5 heteroatoms. The van der Waals surface area contributed by atoms with Crippen molar-refractivity contribution in [1.29, 1.82) is 0 Å². The van der Waals surface area contributed by atoms with E-state index in [-0.39, 0.29) is 5.56 Å². The van der Waals surface area contributed by atoms with Gasteiger partial charge in [0.25, 0.3) is 5.91 Å². The second-order valence-electron chi connectivity index (χ2n) is 3.97. The van der Waals surface area contributed by atoms with Crippen molar-refractivity contribution < 1.29 is 9.18 Å². The number of carbonyl (C=O) groups is 1. The lowest BCUT2D eigenvalue weighted by atomic mass is 10.2. The summed E-state index contributed by atoms with van der Waals surface area (Å²) in [5.74, 6) is -0.998. The average Bonchev–Trinajstić information content (AvgIpc) is 2.86. The Morgan fingerprint density at radius 2 is 2.05 bits per heavy atom. The van der Waals surface area contributed by atoms with Gasteiger partial charge in [-0.3, -0.25) is 4.79 Å². The molecule has 0 aliphatic heterocycles. The van der Waals surface area contributed by atoms with Crippen molar-refractivity contribution in [2.24, 2.45) is 0 Å². The normalized spacial score (nSPS) is 10.6. The van der Waals surface area contributed by atoms with E-state index in [1.807, 2.05) is 6.07 Å². The number of amides is 1. The third-order valence-electron chi connectivity index (χ3n) is 2.71. The molecule has 0 saturated carbocycles. The van der Waals surface area contributed by atoms with E-state index in [0.29, 0.717) is 5.69 Å². The Kier molecular flexibility index (Phi) is 2.97. The summed E-state index contributed by atoms with van der Waals surface area (Å²) in [5, 5.41) is 2.67. The molecule has 0 atom stereocenters. The summed E-state index contributed by atoms with van der Waals surface area (Å²) < 4.78 is 14.5. The molecule has 1 heterocycles. The lowest BCUT2D eigenvalue weighted by Gasteiger charge is -2.05. The third-order valence-corrected chi connectivity index (χ3v) is 3.52. The number of halogens is 1. The van der Waals surface area contributed by atoms with Gasteiger partial charge in [-0.2, -0.15) is 0 Å². The van der Waals surface area contributed by atoms with E-state index in [4.69, 9.17) is 0 Å². The molecule has 1 N–H and O–H groups in total. The zero-order valence-corrected chi connectivity index (χ0v) is 10.6. The van der Waals surface area contributed by atoms with Gasteiger partial charge in [-0.15, -0.1) is 11.3 Å². The van der Waals surface area contributed by atoms with Crippen LogP contribution in [0.3, 0.4) is 0 Å². The van der Waals surface area contributed by atoms with Crippen molar-refractivity contribution in [2.75, 3.05) is 5.32 Å². The van der Waals surface area contributed by atoms with E-state index >= 15 is 0 Å². The first-order chi connectivity index (χ1) is 9.24. The molecule has 0 spiro atoms. The summed E-state index contributed by atoms with van der Waals surface area (Å²) in [6, 6.07) is 11.3. The summed E-state index contributed by atoms with van der Waals surface area (Å²) >= 11 is 1.53. The fourth-order valence-corrected chi connectivity index (χ4v) is 2.44.